The van der Waals surface area contributed by atoms with E-state index in [9.17, 15) is 9.18 Å². The molecule has 1 aliphatic carbocycles. The van der Waals surface area contributed by atoms with E-state index >= 15 is 0 Å². The fourth-order valence-electron chi connectivity index (χ4n) is 2.05. The van der Waals surface area contributed by atoms with Crippen LogP contribution in [-0.2, 0) is 4.74 Å². The van der Waals surface area contributed by atoms with E-state index in [0.717, 1.165) is 5.57 Å². The van der Waals surface area contributed by atoms with Crippen molar-refractivity contribution in [2.24, 2.45) is 0 Å². The Balaban J connectivity index is 0.00000211. The minimum atomic E-state index is -0.529. The number of amides is 1. The van der Waals surface area contributed by atoms with Crippen LogP contribution in [0.4, 0.5) is 9.18 Å². The number of allylic oxidation sites excluding steroid dienone is 3. The number of hydrogen-bond acceptors (Lipinski definition) is 3. The van der Waals surface area contributed by atoms with Gasteiger partial charge in [-0.1, -0.05) is 19.9 Å². The van der Waals surface area contributed by atoms with Crippen LogP contribution in [0.2, 0.25) is 0 Å². The Morgan fingerprint density at radius 3 is 2.36 bits per heavy atom. The number of thiol groups is 1. The summed E-state index contributed by atoms with van der Waals surface area (Å²) in [5.41, 5.74) is 0.512. The smallest absolute Gasteiger partial charge is 0.410 e. The first kappa shape index (κ1) is 21.0. The van der Waals surface area contributed by atoms with Gasteiger partial charge in [0.1, 0.15) is 11.4 Å². The lowest BCUT2D eigenvalue weighted by atomic mass is 9.97. The fourth-order valence-corrected chi connectivity index (χ4v) is 2.26. The minimum absolute atomic E-state index is 0.110. The predicted octanol–water partition coefficient (Wildman–Crippen LogP) is 5.14. The van der Waals surface area contributed by atoms with Crippen LogP contribution in [0.25, 0.3) is 0 Å². The van der Waals surface area contributed by atoms with Gasteiger partial charge in [0.15, 0.2) is 0 Å². The first-order valence-electron chi connectivity index (χ1n) is 7.90. The van der Waals surface area contributed by atoms with E-state index in [1.165, 1.54) is 6.08 Å². The zero-order chi connectivity index (χ0) is 17.3. The molecular weight excluding hydrogens is 301 g/mol. The lowest BCUT2D eigenvalue weighted by Gasteiger charge is -2.33. The summed E-state index contributed by atoms with van der Waals surface area (Å²) in [6.45, 7) is 12.0. The summed E-state index contributed by atoms with van der Waals surface area (Å²) in [4.78, 5) is 13.9. The van der Waals surface area contributed by atoms with Gasteiger partial charge in [-0.05, 0) is 45.8 Å². The summed E-state index contributed by atoms with van der Waals surface area (Å²) in [6.07, 6.45) is 3.92. The van der Waals surface area contributed by atoms with Gasteiger partial charge in [0.25, 0.3) is 0 Å². The average molecular weight is 331 g/mol. The highest BCUT2D eigenvalue weighted by Crippen LogP contribution is 2.25. The van der Waals surface area contributed by atoms with Gasteiger partial charge in [-0.25, -0.2) is 9.18 Å². The quantitative estimate of drug-likeness (QED) is 0.723. The first-order valence-corrected chi connectivity index (χ1v) is 8.53. The third kappa shape index (κ3) is 7.34. The summed E-state index contributed by atoms with van der Waals surface area (Å²) < 4.78 is 18.5. The van der Waals surface area contributed by atoms with Crippen molar-refractivity contribution in [2.45, 2.75) is 66.0 Å². The third-order valence-electron chi connectivity index (χ3n) is 3.10. The Kier molecular flexibility index (Phi) is 9.49. The molecule has 5 heteroatoms. The Labute approximate surface area is 140 Å². The SMILES string of the molecule is CC.CC(C1=CC=C(F)CC1)N(CCS)C(=O)OC(C)(C)C. The monoisotopic (exact) mass is 331 g/mol. The number of carbonyl (C=O) groups excluding carboxylic acids is 1. The second kappa shape index (κ2) is 9.93. The molecule has 1 rings (SSSR count). The molecule has 0 spiro atoms. The van der Waals surface area contributed by atoms with E-state index in [1.54, 1.807) is 11.0 Å². The summed E-state index contributed by atoms with van der Waals surface area (Å²) in [6, 6.07) is -0.110. The lowest BCUT2D eigenvalue weighted by molar-refractivity contribution is 0.0215. The van der Waals surface area contributed by atoms with Crippen LogP contribution in [-0.4, -0.2) is 34.9 Å². The van der Waals surface area contributed by atoms with Crippen LogP contribution >= 0.6 is 12.6 Å². The summed E-state index contributed by atoms with van der Waals surface area (Å²) in [5, 5.41) is 0. The molecule has 0 aliphatic heterocycles. The summed E-state index contributed by atoms with van der Waals surface area (Å²) >= 11 is 4.20. The highest BCUT2D eigenvalue weighted by molar-refractivity contribution is 7.80. The number of ether oxygens (including phenoxy) is 1. The van der Waals surface area contributed by atoms with Crippen molar-refractivity contribution in [3.8, 4) is 0 Å². The van der Waals surface area contributed by atoms with Gasteiger partial charge in [-0.3, -0.25) is 0 Å². The molecule has 1 atom stereocenters. The second-order valence-electron chi connectivity index (χ2n) is 5.93. The van der Waals surface area contributed by atoms with E-state index in [0.29, 0.717) is 25.1 Å². The van der Waals surface area contributed by atoms with Gasteiger partial charge >= 0.3 is 6.09 Å². The van der Waals surface area contributed by atoms with Crippen molar-refractivity contribution < 1.29 is 13.9 Å². The Hall–Kier alpha value is -0.970. The van der Waals surface area contributed by atoms with Crippen LogP contribution < -0.4 is 0 Å². The molecule has 0 bridgehead atoms. The molecule has 0 aromatic heterocycles. The Morgan fingerprint density at radius 1 is 1.36 bits per heavy atom. The molecule has 128 valence electrons. The molecule has 3 nitrogen and oxygen atoms in total. The van der Waals surface area contributed by atoms with Crippen molar-refractivity contribution in [3.05, 3.63) is 23.6 Å². The zero-order valence-corrected chi connectivity index (χ0v) is 15.5. The standard InChI is InChI=1S/C15H24FNO2S.C2H6/c1-11(12-5-7-13(16)8-6-12)17(9-10-20)14(18)19-15(2,3)4;1-2/h5,7,11,20H,6,8-10H2,1-4H3;1-2H3. The van der Waals surface area contributed by atoms with Gasteiger partial charge in [-0.2, -0.15) is 12.6 Å². The maximum atomic E-state index is 13.0. The normalized spacial score (nSPS) is 15.8. The van der Waals surface area contributed by atoms with Gasteiger partial charge < -0.3 is 9.64 Å². The van der Waals surface area contributed by atoms with Crippen molar-refractivity contribution in [1.29, 1.82) is 0 Å². The first-order chi connectivity index (χ1) is 10.2. The minimum Gasteiger partial charge on any atom is -0.444 e. The van der Waals surface area contributed by atoms with Crippen molar-refractivity contribution >= 4 is 18.7 Å². The number of nitrogens with zero attached hydrogens (tertiary/aromatic N) is 1. The Morgan fingerprint density at radius 2 is 1.95 bits per heavy atom. The van der Waals surface area contributed by atoms with Gasteiger partial charge in [0.05, 0.1) is 6.04 Å². The maximum Gasteiger partial charge on any atom is 0.410 e. The molecule has 0 saturated heterocycles. The van der Waals surface area contributed by atoms with Gasteiger partial charge in [0, 0.05) is 18.7 Å². The maximum absolute atomic E-state index is 13.0. The largest absolute Gasteiger partial charge is 0.444 e. The number of carbonyl (C=O) groups is 1. The molecule has 1 unspecified atom stereocenters. The van der Waals surface area contributed by atoms with Gasteiger partial charge in [-0.15, -0.1) is 0 Å². The molecule has 0 N–H and O–H groups in total. The molecule has 0 heterocycles. The molecule has 0 fully saturated rings. The second-order valence-corrected chi connectivity index (χ2v) is 6.38. The molecule has 1 aliphatic rings. The zero-order valence-electron chi connectivity index (χ0n) is 14.6. The molecule has 0 aromatic rings. The van der Waals surface area contributed by atoms with Crippen molar-refractivity contribution in [2.75, 3.05) is 12.3 Å². The molecular formula is C17H30FNO2S. The van der Waals surface area contributed by atoms with E-state index < -0.39 is 5.60 Å². The van der Waals surface area contributed by atoms with E-state index in [-0.39, 0.29) is 18.0 Å². The van der Waals surface area contributed by atoms with Crippen molar-refractivity contribution in [1.82, 2.24) is 4.90 Å². The van der Waals surface area contributed by atoms with Crippen LogP contribution in [0, 0.1) is 0 Å². The Bertz CT molecular complexity index is 413. The molecule has 0 aromatic carbocycles. The molecule has 1 amide bonds. The number of rotatable bonds is 4. The highest BCUT2D eigenvalue weighted by Gasteiger charge is 2.27. The molecule has 0 radical (unpaired) electrons. The molecule has 22 heavy (non-hydrogen) atoms. The van der Waals surface area contributed by atoms with Crippen LogP contribution in [0.5, 0.6) is 0 Å². The van der Waals surface area contributed by atoms with E-state index in [2.05, 4.69) is 12.6 Å². The van der Waals surface area contributed by atoms with E-state index in [1.807, 2.05) is 41.5 Å². The number of halogens is 1. The fraction of sp³-hybridized carbons (Fsp3) is 0.706. The number of hydrogen-bond donors (Lipinski definition) is 1. The summed E-state index contributed by atoms with van der Waals surface area (Å²) in [7, 11) is 0. The predicted molar refractivity (Wildman–Crippen MR) is 94.1 cm³/mol. The lowest BCUT2D eigenvalue weighted by Crippen LogP contribution is -2.44. The topological polar surface area (TPSA) is 29.5 Å². The highest BCUT2D eigenvalue weighted by atomic mass is 32.1. The molecule has 0 saturated carbocycles. The van der Waals surface area contributed by atoms with E-state index in [4.69, 9.17) is 4.74 Å². The van der Waals surface area contributed by atoms with Crippen LogP contribution in [0.15, 0.2) is 23.6 Å². The third-order valence-corrected chi connectivity index (χ3v) is 3.30. The van der Waals surface area contributed by atoms with Crippen LogP contribution in [0.3, 0.4) is 0 Å². The average Bonchev–Trinajstić information content (AvgIpc) is 2.45. The summed E-state index contributed by atoms with van der Waals surface area (Å²) in [5.74, 6) is 0.445. The van der Waals surface area contributed by atoms with Crippen LogP contribution in [0.1, 0.15) is 54.4 Å². The van der Waals surface area contributed by atoms with Crippen molar-refractivity contribution in [3.63, 3.8) is 0 Å². The van der Waals surface area contributed by atoms with Gasteiger partial charge in [0.2, 0.25) is 0 Å².